The number of nitrogens with one attached hydrogen (secondary N) is 1. The van der Waals surface area contributed by atoms with Gasteiger partial charge in [-0.2, -0.15) is 13.2 Å². The minimum atomic E-state index is -4.48. The van der Waals surface area contributed by atoms with E-state index in [1.54, 1.807) is 13.8 Å². The molecule has 0 aromatic carbocycles. The lowest BCUT2D eigenvalue weighted by molar-refractivity contribution is -0.148. The smallest absolute Gasteiger partial charge is 0.406 e. The first kappa shape index (κ1) is 18.5. The van der Waals surface area contributed by atoms with Gasteiger partial charge < -0.3 is 15.3 Å². The van der Waals surface area contributed by atoms with Gasteiger partial charge in [-0.1, -0.05) is 13.8 Å². The molecule has 1 unspecified atom stereocenters. The van der Waals surface area contributed by atoms with E-state index in [9.17, 15) is 22.8 Å². The minimum absolute atomic E-state index is 0.0404. The molecule has 0 heterocycles. The van der Waals surface area contributed by atoms with Crippen molar-refractivity contribution >= 4 is 12.0 Å². The number of alkyl halides is 3. The van der Waals surface area contributed by atoms with Crippen LogP contribution in [0.4, 0.5) is 18.0 Å². The van der Waals surface area contributed by atoms with Crippen LogP contribution in [-0.4, -0.2) is 47.8 Å². The van der Waals surface area contributed by atoms with E-state index < -0.39 is 30.1 Å². The van der Waals surface area contributed by atoms with Crippen LogP contribution in [0.3, 0.4) is 0 Å². The third kappa shape index (κ3) is 6.12. The van der Waals surface area contributed by atoms with Crippen LogP contribution < -0.4 is 5.32 Å². The van der Waals surface area contributed by atoms with Crippen molar-refractivity contribution in [3.05, 3.63) is 0 Å². The molecule has 1 atom stereocenters. The lowest BCUT2D eigenvalue weighted by Crippen LogP contribution is -2.49. The number of aliphatic carboxylic acids is 1. The van der Waals surface area contributed by atoms with E-state index in [1.165, 1.54) is 6.92 Å². The van der Waals surface area contributed by atoms with Crippen molar-refractivity contribution < 1.29 is 27.9 Å². The second-order valence-corrected chi connectivity index (χ2v) is 4.91. The number of carboxylic acids is 1. The van der Waals surface area contributed by atoms with Gasteiger partial charge in [0.25, 0.3) is 0 Å². The molecule has 0 aliphatic heterocycles. The molecule has 0 rings (SSSR count). The van der Waals surface area contributed by atoms with Gasteiger partial charge in [-0.15, -0.1) is 0 Å². The van der Waals surface area contributed by atoms with Gasteiger partial charge >= 0.3 is 18.2 Å². The van der Waals surface area contributed by atoms with Crippen molar-refractivity contribution in [2.24, 2.45) is 5.41 Å². The van der Waals surface area contributed by atoms with Gasteiger partial charge in [0.05, 0.1) is 5.41 Å². The quantitative estimate of drug-likeness (QED) is 0.758. The second-order valence-electron chi connectivity index (χ2n) is 4.91. The van der Waals surface area contributed by atoms with Crippen molar-refractivity contribution in [2.45, 2.75) is 39.8 Å². The van der Waals surface area contributed by atoms with Crippen LogP contribution in [-0.2, 0) is 4.79 Å². The van der Waals surface area contributed by atoms with E-state index >= 15 is 0 Å². The summed E-state index contributed by atoms with van der Waals surface area (Å²) in [4.78, 5) is 23.4. The predicted molar refractivity (Wildman–Crippen MR) is 67.4 cm³/mol. The molecule has 0 radical (unpaired) electrons. The summed E-state index contributed by atoms with van der Waals surface area (Å²) in [5, 5.41) is 11.3. The first-order valence-electron chi connectivity index (χ1n) is 6.38. The summed E-state index contributed by atoms with van der Waals surface area (Å²) >= 11 is 0. The Bertz CT molecular complexity index is 347. The first-order valence-corrected chi connectivity index (χ1v) is 6.38. The summed E-state index contributed by atoms with van der Waals surface area (Å²) in [6.45, 7) is 3.13. The Morgan fingerprint density at radius 1 is 1.25 bits per heavy atom. The average Bonchev–Trinajstić information content (AvgIpc) is 2.33. The molecule has 0 aromatic heterocycles. The first-order chi connectivity index (χ1) is 9.05. The molecule has 0 aromatic rings. The van der Waals surface area contributed by atoms with Gasteiger partial charge in [-0.3, -0.25) is 4.79 Å². The van der Waals surface area contributed by atoms with Crippen LogP contribution in [0, 0.1) is 5.41 Å². The number of amides is 2. The zero-order valence-electron chi connectivity index (χ0n) is 11.9. The molecule has 0 saturated heterocycles. The van der Waals surface area contributed by atoms with Gasteiger partial charge in [0.2, 0.25) is 0 Å². The van der Waals surface area contributed by atoms with Crippen molar-refractivity contribution in [1.82, 2.24) is 10.2 Å². The summed E-state index contributed by atoms with van der Waals surface area (Å²) in [5.74, 6) is -1.10. The lowest BCUT2D eigenvalue weighted by Gasteiger charge is -2.27. The SMILES string of the molecule is CCCN(CC(F)(F)F)C(=O)NCC(C)(CC)C(=O)O. The number of carboxylic acid groups (broad SMARTS) is 1. The van der Waals surface area contributed by atoms with Crippen LogP contribution in [0.1, 0.15) is 33.6 Å². The minimum Gasteiger partial charge on any atom is -0.481 e. The molecule has 0 aliphatic carbocycles. The molecular formula is C12H21F3N2O3. The number of halogens is 3. The van der Waals surface area contributed by atoms with Crippen LogP contribution in [0.15, 0.2) is 0 Å². The number of nitrogens with zero attached hydrogens (tertiary/aromatic N) is 1. The third-order valence-corrected chi connectivity index (χ3v) is 3.08. The number of hydrogen-bond donors (Lipinski definition) is 2. The third-order valence-electron chi connectivity index (χ3n) is 3.08. The maximum atomic E-state index is 12.3. The van der Waals surface area contributed by atoms with E-state index in [-0.39, 0.29) is 19.5 Å². The van der Waals surface area contributed by atoms with Crippen molar-refractivity contribution in [1.29, 1.82) is 0 Å². The number of hydrogen-bond acceptors (Lipinski definition) is 2. The van der Waals surface area contributed by atoms with E-state index in [1.807, 2.05) is 0 Å². The van der Waals surface area contributed by atoms with Crippen LogP contribution in [0.25, 0.3) is 0 Å². The Labute approximate surface area is 116 Å². The van der Waals surface area contributed by atoms with E-state index in [2.05, 4.69) is 5.32 Å². The molecule has 0 fully saturated rings. The molecule has 5 nitrogen and oxygen atoms in total. The van der Waals surface area contributed by atoms with E-state index in [0.29, 0.717) is 11.3 Å². The number of urea groups is 1. The Balaban J connectivity index is 4.65. The highest BCUT2D eigenvalue weighted by molar-refractivity contribution is 5.77. The predicted octanol–water partition coefficient (Wildman–Crippen LogP) is 2.47. The second kappa shape index (κ2) is 7.35. The standard InChI is InChI=1S/C12H21F3N2O3/c1-4-6-17(8-12(13,14)15)10(20)16-7-11(3,5-2)9(18)19/h4-8H2,1-3H3,(H,16,20)(H,18,19). The molecular weight excluding hydrogens is 277 g/mol. The molecule has 2 amide bonds. The number of carbonyl (C=O) groups is 2. The Hall–Kier alpha value is -1.47. The van der Waals surface area contributed by atoms with Crippen molar-refractivity contribution in [2.75, 3.05) is 19.6 Å². The van der Waals surface area contributed by atoms with Crippen molar-refractivity contribution in [3.8, 4) is 0 Å². The molecule has 2 N–H and O–H groups in total. The average molecular weight is 298 g/mol. The van der Waals surface area contributed by atoms with Crippen LogP contribution in [0.2, 0.25) is 0 Å². The monoisotopic (exact) mass is 298 g/mol. The molecule has 118 valence electrons. The molecule has 0 aliphatic rings. The van der Waals surface area contributed by atoms with Crippen molar-refractivity contribution in [3.63, 3.8) is 0 Å². The number of rotatable bonds is 7. The Morgan fingerprint density at radius 3 is 2.15 bits per heavy atom. The largest absolute Gasteiger partial charge is 0.481 e. The highest BCUT2D eigenvalue weighted by Crippen LogP contribution is 2.20. The van der Waals surface area contributed by atoms with Gasteiger partial charge in [-0.25, -0.2) is 4.79 Å². The lowest BCUT2D eigenvalue weighted by atomic mass is 9.88. The van der Waals surface area contributed by atoms with Gasteiger partial charge in [0.15, 0.2) is 0 Å². The topological polar surface area (TPSA) is 69.6 Å². The normalized spacial score (nSPS) is 14.5. The number of carbonyl (C=O) groups excluding carboxylic acids is 1. The fourth-order valence-electron chi connectivity index (χ4n) is 1.47. The van der Waals surface area contributed by atoms with Crippen LogP contribution in [0.5, 0.6) is 0 Å². The van der Waals surface area contributed by atoms with Crippen LogP contribution >= 0.6 is 0 Å². The maximum Gasteiger partial charge on any atom is 0.406 e. The Kier molecular flexibility index (Phi) is 6.81. The summed E-state index contributed by atoms with van der Waals surface area (Å²) in [5.41, 5.74) is -1.19. The molecule has 0 bridgehead atoms. The summed E-state index contributed by atoms with van der Waals surface area (Å²) in [6, 6.07) is -0.898. The van der Waals surface area contributed by atoms with Gasteiger partial charge in [0.1, 0.15) is 6.54 Å². The molecule has 0 spiro atoms. The zero-order valence-corrected chi connectivity index (χ0v) is 11.9. The molecule has 0 saturated carbocycles. The molecule has 20 heavy (non-hydrogen) atoms. The molecule has 8 heteroatoms. The van der Waals surface area contributed by atoms with Gasteiger partial charge in [-0.05, 0) is 19.8 Å². The van der Waals surface area contributed by atoms with Gasteiger partial charge in [0, 0.05) is 13.1 Å². The highest BCUT2D eigenvalue weighted by Gasteiger charge is 2.35. The fraction of sp³-hybridized carbons (Fsp3) is 0.833. The fourth-order valence-corrected chi connectivity index (χ4v) is 1.47. The zero-order chi connectivity index (χ0) is 16.0. The Morgan fingerprint density at radius 2 is 1.80 bits per heavy atom. The van der Waals surface area contributed by atoms with E-state index in [0.717, 1.165) is 0 Å². The summed E-state index contributed by atoms with van der Waals surface area (Å²) < 4.78 is 37.0. The van der Waals surface area contributed by atoms with E-state index in [4.69, 9.17) is 5.11 Å². The summed E-state index contributed by atoms with van der Waals surface area (Å²) in [7, 11) is 0. The maximum absolute atomic E-state index is 12.3. The highest BCUT2D eigenvalue weighted by atomic mass is 19.4. The summed E-state index contributed by atoms with van der Waals surface area (Å²) in [6.07, 6.45) is -3.84.